The molecule has 3 N–H and O–H groups in total. The van der Waals surface area contributed by atoms with Crippen LogP contribution in [0.2, 0.25) is 0 Å². The van der Waals surface area contributed by atoms with Crippen LogP contribution in [0, 0.1) is 0 Å². The summed E-state index contributed by atoms with van der Waals surface area (Å²) < 4.78 is 32.2. The van der Waals surface area contributed by atoms with Gasteiger partial charge in [0.2, 0.25) is 5.91 Å². The van der Waals surface area contributed by atoms with Gasteiger partial charge in [0, 0.05) is 6.42 Å². The Labute approximate surface area is 269 Å². The van der Waals surface area contributed by atoms with Crippen LogP contribution in [0.4, 0.5) is 0 Å². The molecule has 0 spiro atoms. The molecule has 0 aliphatic carbocycles. The molecule has 0 saturated carbocycles. The summed E-state index contributed by atoms with van der Waals surface area (Å²) in [6.07, 6.45) is 44.4. The van der Waals surface area contributed by atoms with Crippen LogP contribution in [-0.4, -0.2) is 41.9 Å². The van der Waals surface area contributed by atoms with Crippen LogP contribution >= 0.6 is 0 Å². The lowest BCUT2D eigenvalue weighted by Gasteiger charge is -2.20. The van der Waals surface area contributed by atoms with Crippen molar-refractivity contribution in [2.45, 2.75) is 135 Å². The van der Waals surface area contributed by atoms with E-state index in [0.717, 1.165) is 51.4 Å². The van der Waals surface area contributed by atoms with Gasteiger partial charge >= 0.3 is 0 Å². The van der Waals surface area contributed by atoms with E-state index < -0.39 is 28.0 Å². The monoisotopic (exact) mass is 631 g/mol. The van der Waals surface area contributed by atoms with E-state index in [1.807, 2.05) is 12.2 Å². The Hall–Kier alpha value is -2.48. The summed E-state index contributed by atoms with van der Waals surface area (Å²) in [5, 5.41) is 13.0. The number of amides is 1. The van der Waals surface area contributed by atoms with Crippen molar-refractivity contribution in [1.29, 1.82) is 0 Å². The van der Waals surface area contributed by atoms with Crippen molar-refractivity contribution in [1.82, 2.24) is 5.32 Å². The molecule has 0 heterocycles. The molecule has 0 radical (unpaired) electrons. The highest BCUT2D eigenvalue weighted by atomic mass is 32.2. The van der Waals surface area contributed by atoms with Crippen molar-refractivity contribution in [2.24, 2.45) is 0 Å². The van der Waals surface area contributed by atoms with E-state index in [0.29, 0.717) is 12.8 Å². The molecule has 2 atom stereocenters. The van der Waals surface area contributed by atoms with Gasteiger partial charge in [-0.1, -0.05) is 131 Å². The summed E-state index contributed by atoms with van der Waals surface area (Å²) in [6, 6.07) is -1.12. The third-order valence-corrected chi connectivity index (χ3v) is 7.58. The highest BCUT2D eigenvalue weighted by Crippen LogP contribution is 2.08. The number of hydrogen-bond donors (Lipinski definition) is 3. The van der Waals surface area contributed by atoms with Crippen molar-refractivity contribution in [3.8, 4) is 0 Å². The number of aliphatic hydroxyl groups excluding tert-OH is 1. The van der Waals surface area contributed by atoms with Crippen molar-refractivity contribution >= 4 is 16.0 Å². The third-order valence-electron chi connectivity index (χ3n) is 6.80. The van der Waals surface area contributed by atoms with Gasteiger partial charge < -0.3 is 10.4 Å². The van der Waals surface area contributed by atoms with Crippen LogP contribution in [0.5, 0.6) is 0 Å². The van der Waals surface area contributed by atoms with Gasteiger partial charge in [-0.3, -0.25) is 9.35 Å². The molecule has 44 heavy (non-hydrogen) atoms. The molecular weight excluding hydrogens is 570 g/mol. The van der Waals surface area contributed by atoms with E-state index >= 15 is 0 Å². The number of hydrogen-bond acceptors (Lipinski definition) is 4. The maximum Gasteiger partial charge on any atom is 0.267 e. The summed E-state index contributed by atoms with van der Waals surface area (Å²) in [4.78, 5) is 12.4. The van der Waals surface area contributed by atoms with Crippen LogP contribution in [0.1, 0.15) is 123 Å². The maximum absolute atomic E-state index is 12.4. The lowest BCUT2D eigenvalue weighted by molar-refractivity contribution is -0.122. The minimum absolute atomic E-state index is 0.158. The Bertz CT molecular complexity index is 1000. The van der Waals surface area contributed by atoms with Gasteiger partial charge in [-0.15, -0.1) is 0 Å². The van der Waals surface area contributed by atoms with E-state index in [2.05, 4.69) is 79.9 Å². The van der Waals surface area contributed by atoms with Gasteiger partial charge in [0.05, 0.1) is 17.9 Å². The molecule has 0 aromatic heterocycles. The number of allylic oxidation sites excluding steroid dienone is 13. The zero-order valence-electron chi connectivity index (χ0n) is 27.5. The number of carbonyl (C=O) groups excluding carboxylic acids is 1. The van der Waals surface area contributed by atoms with E-state index in [1.54, 1.807) is 6.08 Å². The predicted octanol–water partition coefficient (Wildman–Crippen LogP) is 9.28. The third kappa shape index (κ3) is 31.0. The Morgan fingerprint density at radius 2 is 1.11 bits per heavy atom. The first-order chi connectivity index (χ1) is 21.3. The number of carbonyl (C=O) groups is 1. The smallest absolute Gasteiger partial charge is 0.267 e. The highest BCUT2D eigenvalue weighted by molar-refractivity contribution is 7.85. The Morgan fingerprint density at radius 1 is 0.636 bits per heavy atom. The minimum Gasteiger partial charge on any atom is -0.387 e. The standard InChI is InChI=1S/C37H61NO5S/c1-3-5-7-9-11-13-15-17-18-19-21-22-24-26-28-30-32-36(39)35(34-44(41,42)43)38-37(40)33-31-29-27-25-23-20-16-14-12-10-8-6-4-2/h6,8,12,14,17-18,20,22-24,27,29-30,32,35-36,39H,3-5,7,9-11,13,15-16,19,21,25-26,28,31,33-34H2,1-2H3,(H,38,40)(H,41,42,43)/b8-6-,14-12-,18-17+,23-20-,24-22+,29-27-,32-30+. The Morgan fingerprint density at radius 3 is 1.68 bits per heavy atom. The second-order valence-corrected chi connectivity index (χ2v) is 12.5. The molecule has 0 aliphatic heterocycles. The lowest BCUT2D eigenvalue weighted by Crippen LogP contribution is -2.46. The quantitative estimate of drug-likeness (QED) is 0.0454. The van der Waals surface area contributed by atoms with Gasteiger partial charge in [0.25, 0.3) is 10.1 Å². The van der Waals surface area contributed by atoms with Crippen LogP contribution in [0.15, 0.2) is 85.1 Å². The summed E-state index contributed by atoms with van der Waals surface area (Å²) in [7, 11) is -4.38. The topological polar surface area (TPSA) is 104 Å². The zero-order chi connectivity index (χ0) is 32.6. The maximum atomic E-state index is 12.4. The van der Waals surface area contributed by atoms with Crippen molar-refractivity contribution < 1.29 is 22.9 Å². The number of aliphatic hydroxyl groups is 1. The highest BCUT2D eigenvalue weighted by Gasteiger charge is 2.24. The van der Waals surface area contributed by atoms with Gasteiger partial charge in [0.15, 0.2) is 0 Å². The molecule has 250 valence electrons. The number of rotatable bonds is 28. The first kappa shape index (κ1) is 41.5. The lowest BCUT2D eigenvalue weighted by atomic mass is 10.1. The molecule has 0 fully saturated rings. The van der Waals surface area contributed by atoms with Crippen LogP contribution in [0.3, 0.4) is 0 Å². The average molecular weight is 632 g/mol. The number of unbranched alkanes of at least 4 members (excludes halogenated alkanes) is 8. The summed E-state index contributed by atoms with van der Waals surface area (Å²) in [5.41, 5.74) is 0. The fourth-order valence-corrected chi connectivity index (χ4v) is 5.05. The molecule has 2 unspecified atom stereocenters. The van der Waals surface area contributed by atoms with E-state index in [1.165, 1.54) is 44.6 Å². The molecule has 0 aromatic carbocycles. The van der Waals surface area contributed by atoms with Crippen LogP contribution < -0.4 is 5.32 Å². The van der Waals surface area contributed by atoms with Gasteiger partial charge in [-0.2, -0.15) is 8.42 Å². The minimum atomic E-state index is -4.38. The van der Waals surface area contributed by atoms with Crippen LogP contribution in [0.25, 0.3) is 0 Å². The van der Waals surface area contributed by atoms with Crippen molar-refractivity contribution in [2.75, 3.05) is 5.75 Å². The molecule has 1 amide bonds. The SMILES string of the molecule is CC/C=C\C/C=C\C/C=C\C/C=C\CCC(=O)NC(CS(=O)(=O)O)C(O)/C=C/CC/C=C/CC/C=C/CCCCCCCC. The first-order valence-electron chi connectivity index (χ1n) is 16.8. The molecule has 0 aliphatic rings. The summed E-state index contributed by atoms with van der Waals surface area (Å²) >= 11 is 0. The molecule has 6 nitrogen and oxygen atoms in total. The van der Waals surface area contributed by atoms with E-state index in [9.17, 15) is 22.9 Å². The number of nitrogens with one attached hydrogen (secondary N) is 1. The first-order valence-corrected chi connectivity index (χ1v) is 18.4. The molecule has 0 aromatic rings. The predicted molar refractivity (Wildman–Crippen MR) is 188 cm³/mol. The summed E-state index contributed by atoms with van der Waals surface area (Å²) in [5.74, 6) is -1.13. The zero-order valence-corrected chi connectivity index (χ0v) is 28.3. The second kappa shape index (κ2) is 30.5. The normalized spacial score (nSPS) is 14.5. The largest absolute Gasteiger partial charge is 0.387 e. The molecule has 7 heteroatoms. The molecular formula is C37H61NO5S. The van der Waals surface area contributed by atoms with E-state index in [4.69, 9.17) is 0 Å². The fourth-order valence-electron chi connectivity index (χ4n) is 4.31. The Balaban J connectivity index is 4.27. The second-order valence-electron chi connectivity index (χ2n) is 11.0. The fraction of sp³-hybridized carbons (Fsp3) is 0.595. The van der Waals surface area contributed by atoms with Crippen molar-refractivity contribution in [3.05, 3.63) is 85.1 Å². The van der Waals surface area contributed by atoms with E-state index in [-0.39, 0.29) is 12.3 Å². The Kier molecular flexibility index (Phi) is 28.8. The molecule has 0 rings (SSSR count). The summed E-state index contributed by atoms with van der Waals surface area (Å²) in [6.45, 7) is 4.36. The van der Waals surface area contributed by atoms with Gasteiger partial charge in [0.1, 0.15) is 0 Å². The van der Waals surface area contributed by atoms with Crippen LogP contribution in [-0.2, 0) is 14.9 Å². The average Bonchev–Trinajstić information content (AvgIpc) is 2.98. The molecule has 0 saturated heterocycles. The van der Waals surface area contributed by atoms with Gasteiger partial charge in [-0.25, -0.2) is 0 Å². The van der Waals surface area contributed by atoms with Gasteiger partial charge in [-0.05, 0) is 70.6 Å². The molecule has 0 bridgehead atoms. The van der Waals surface area contributed by atoms with Crippen molar-refractivity contribution in [3.63, 3.8) is 0 Å².